The van der Waals surface area contributed by atoms with Crippen molar-refractivity contribution in [2.75, 3.05) is 7.11 Å². The molecule has 0 spiro atoms. The van der Waals surface area contributed by atoms with Crippen LogP contribution in [0.15, 0.2) is 53.9 Å². The Balaban J connectivity index is 2.04. The van der Waals surface area contributed by atoms with Crippen molar-refractivity contribution < 1.29 is 27.8 Å². The van der Waals surface area contributed by atoms with E-state index in [1.54, 1.807) is 6.07 Å². The quantitative estimate of drug-likeness (QED) is 0.907. The fourth-order valence-corrected chi connectivity index (χ4v) is 2.55. The average molecular weight is 365 g/mol. The second-order valence-corrected chi connectivity index (χ2v) is 5.63. The number of hydrogen-bond acceptors (Lipinski definition) is 5. The van der Waals surface area contributed by atoms with Crippen LogP contribution in [0.5, 0.6) is 5.75 Å². The Morgan fingerprint density at radius 2 is 2.08 bits per heavy atom. The molecule has 1 aromatic carbocycles. The van der Waals surface area contributed by atoms with E-state index in [2.05, 4.69) is 10.1 Å². The molecule has 1 aliphatic rings. The minimum Gasteiger partial charge on any atom is -0.497 e. The Morgan fingerprint density at radius 1 is 1.31 bits per heavy atom. The van der Waals surface area contributed by atoms with Crippen molar-refractivity contribution >= 4 is 11.6 Å². The van der Waals surface area contributed by atoms with Gasteiger partial charge in [-0.1, -0.05) is 12.1 Å². The molecule has 26 heavy (non-hydrogen) atoms. The topological polar surface area (TPSA) is 75.0 Å². The standard InChI is InChI=1S/C17H14F3N3O3/c1-26-13-6-2-4-11(8-13)15(24)23-16(25,17(18,19)20)9-14(22-23)12-5-3-7-21-10-12/h2-8,10,25H,9H2,1H3. The summed E-state index contributed by atoms with van der Waals surface area (Å²) in [5.74, 6) is -0.801. The number of ether oxygens (including phenoxy) is 1. The van der Waals surface area contributed by atoms with Gasteiger partial charge in [-0.2, -0.15) is 23.3 Å². The number of pyridine rings is 1. The zero-order valence-electron chi connectivity index (χ0n) is 13.6. The molecule has 2 aromatic rings. The maximum atomic E-state index is 13.5. The van der Waals surface area contributed by atoms with Crippen molar-refractivity contribution in [3.8, 4) is 5.75 Å². The molecule has 1 atom stereocenters. The fourth-order valence-electron chi connectivity index (χ4n) is 2.55. The molecule has 0 aliphatic carbocycles. The van der Waals surface area contributed by atoms with Crippen molar-refractivity contribution in [1.29, 1.82) is 0 Å². The third-order valence-electron chi connectivity index (χ3n) is 3.94. The monoisotopic (exact) mass is 365 g/mol. The van der Waals surface area contributed by atoms with E-state index in [1.165, 1.54) is 49.8 Å². The highest BCUT2D eigenvalue weighted by atomic mass is 19.4. The Labute approximate surface area is 146 Å². The number of hydrogen-bond donors (Lipinski definition) is 1. The number of aromatic nitrogens is 1. The van der Waals surface area contributed by atoms with Gasteiger partial charge in [0.2, 0.25) is 0 Å². The number of carbonyl (C=O) groups excluding carboxylic acids is 1. The minimum absolute atomic E-state index is 0.0735. The molecule has 0 radical (unpaired) electrons. The maximum absolute atomic E-state index is 13.5. The van der Waals surface area contributed by atoms with Gasteiger partial charge in [0.1, 0.15) is 5.75 Å². The van der Waals surface area contributed by atoms with Crippen molar-refractivity contribution in [3.05, 3.63) is 59.9 Å². The summed E-state index contributed by atoms with van der Waals surface area (Å²) in [6, 6.07) is 8.62. The first-order chi connectivity index (χ1) is 12.3. The molecular formula is C17H14F3N3O3. The van der Waals surface area contributed by atoms with E-state index in [9.17, 15) is 23.1 Å². The SMILES string of the molecule is COc1cccc(C(=O)N2N=C(c3cccnc3)CC2(O)C(F)(F)F)c1. The summed E-state index contributed by atoms with van der Waals surface area (Å²) < 4.78 is 45.6. The van der Waals surface area contributed by atoms with Crippen LogP contribution in [-0.2, 0) is 0 Å². The van der Waals surface area contributed by atoms with Crippen molar-refractivity contribution in [3.63, 3.8) is 0 Å². The molecule has 1 aliphatic heterocycles. The van der Waals surface area contributed by atoms with E-state index in [1.807, 2.05) is 0 Å². The molecule has 3 rings (SSSR count). The van der Waals surface area contributed by atoms with E-state index < -0.39 is 24.2 Å². The van der Waals surface area contributed by atoms with Gasteiger partial charge < -0.3 is 9.84 Å². The smallest absolute Gasteiger partial charge is 0.438 e. The number of aliphatic hydroxyl groups is 1. The zero-order valence-corrected chi connectivity index (χ0v) is 13.6. The van der Waals surface area contributed by atoms with E-state index in [-0.39, 0.29) is 21.8 Å². The molecule has 1 N–H and O–H groups in total. The largest absolute Gasteiger partial charge is 0.497 e. The molecule has 0 saturated heterocycles. The number of halogens is 3. The number of nitrogens with zero attached hydrogens (tertiary/aromatic N) is 3. The molecule has 9 heteroatoms. The third kappa shape index (κ3) is 3.01. The van der Waals surface area contributed by atoms with Crippen LogP contribution in [0.1, 0.15) is 22.3 Å². The van der Waals surface area contributed by atoms with Gasteiger partial charge in [-0.05, 0) is 24.3 Å². The highest BCUT2D eigenvalue weighted by molar-refractivity contribution is 6.05. The summed E-state index contributed by atoms with van der Waals surface area (Å²) >= 11 is 0. The first kappa shape index (κ1) is 17.9. The number of hydrazone groups is 1. The lowest BCUT2D eigenvalue weighted by Crippen LogP contribution is -2.56. The van der Waals surface area contributed by atoms with Crippen LogP contribution < -0.4 is 4.74 Å². The molecular weight excluding hydrogens is 351 g/mol. The summed E-state index contributed by atoms with van der Waals surface area (Å²) in [6.45, 7) is 0. The zero-order chi connectivity index (χ0) is 18.9. The highest BCUT2D eigenvalue weighted by Crippen LogP contribution is 2.42. The number of benzene rings is 1. The van der Waals surface area contributed by atoms with Gasteiger partial charge in [0.15, 0.2) is 0 Å². The van der Waals surface area contributed by atoms with Gasteiger partial charge in [-0.15, -0.1) is 0 Å². The average Bonchev–Trinajstić information content (AvgIpc) is 3.01. The van der Waals surface area contributed by atoms with Crippen molar-refractivity contribution in [1.82, 2.24) is 9.99 Å². The van der Waals surface area contributed by atoms with Crippen LogP contribution in [-0.4, -0.2) is 45.7 Å². The number of rotatable bonds is 3. The molecule has 136 valence electrons. The van der Waals surface area contributed by atoms with Gasteiger partial charge in [-0.3, -0.25) is 9.78 Å². The van der Waals surface area contributed by atoms with Crippen molar-refractivity contribution in [2.45, 2.75) is 18.3 Å². The normalized spacial score (nSPS) is 20.0. The Kier molecular flexibility index (Phi) is 4.41. The summed E-state index contributed by atoms with van der Waals surface area (Å²) in [7, 11) is 1.37. The predicted molar refractivity (Wildman–Crippen MR) is 85.6 cm³/mol. The van der Waals surface area contributed by atoms with Crippen molar-refractivity contribution in [2.24, 2.45) is 5.10 Å². The molecule has 1 unspecified atom stereocenters. The molecule has 0 fully saturated rings. The van der Waals surface area contributed by atoms with E-state index in [4.69, 9.17) is 4.74 Å². The van der Waals surface area contributed by atoms with Crippen LogP contribution in [0.4, 0.5) is 13.2 Å². The second-order valence-electron chi connectivity index (χ2n) is 5.63. The Hall–Kier alpha value is -2.94. The summed E-state index contributed by atoms with van der Waals surface area (Å²) in [4.78, 5) is 16.5. The van der Waals surface area contributed by atoms with E-state index in [0.717, 1.165) is 0 Å². The van der Waals surface area contributed by atoms with Gasteiger partial charge in [0.05, 0.1) is 19.2 Å². The van der Waals surface area contributed by atoms with Gasteiger partial charge in [-0.25, -0.2) is 0 Å². The van der Waals surface area contributed by atoms with Gasteiger partial charge in [0, 0.05) is 23.5 Å². The molecule has 0 bridgehead atoms. The van der Waals surface area contributed by atoms with Crippen LogP contribution in [0, 0.1) is 0 Å². The van der Waals surface area contributed by atoms with Crippen LogP contribution >= 0.6 is 0 Å². The Bertz CT molecular complexity index is 855. The minimum atomic E-state index is -5.10. The third-order valence-corrected chi connectivity index (χ3v) is 3.94. The molecule has 2 heterocycles. The van der Waals surface area contributed by atoms with E-state index in [0.29, 0.717) is 5.75 Å². The first-order valence-corrected chi connectivity index (χ1v) is 7.52. The fraction of sp³-hybridized carbons (Fsp3) is 0.235. The Morgan fingerprint density at radius 3 is 2.69 bits per heavy atom. The second kappa shape index (κ2) is 6.41. The number of alkyl halides is 3. The van der Waals surface area contributed by atoms with Crippen LogP contribution in [0.25, 0.3) is 0 Å². The maximum Gasteiger partial charge on any atom is 0.438 e. The molecule has 6 nitrogen and oxygen atoms in total. The molecule has 1 amide bonds. The number of methoxy groups -OCH3 is 1. The van der Waals surface area contributed by atoms with Gasteiger partial charge >= 0.3 is 6.18 Å². The summed E-state index contributed by atoms with van der Waals surface area (Å²) in [5.41, 5.74) is -3.34. The number of amides is 1. The molecule has 1 aromatic heterocycles. The van der Waals surface area contributed by atoms with Crippen LogP contribution in [0.2, 0.25) is 0 Å². The highest BCUT2D eigenvalue weighted by Gasteiger charge is 2.63. The predicted octanol–water partition coefficient (Wildman–Crippen LogP) is 2.59. The van der Waals surface area contributed by atoms with E-state index >= 15 is 0 Å². The number of carbonyl (C=O) groups is 1. The first-order valence-electron chi connectivity index (χ1n) is 7.52. The lowest BCUT2D eigenvalue weighted by Gasteiger charge is -2.32. The molecule has 0 saturated carbocycles. The summed E-state index contributed by atoms with van der Waals surface area (Å²) in [5, 5.41) is 14.1. The summed E-state index contributed by atoms with van der Waals surface area (Å²) in [6.07, 6.45) is -3.23. The lowest BCUT2D eigenvalue weighted by atomic mass is 10.0. The van der Waals surface area contributed by atoms with Gasteiger partial charge in [0.25, 0.3) is 11.6 Å². The van der Waals surface area contributed by atoms with Crippen LogP contribution in [0.3, 0.4) is 0 Å². The lowest BCUT2D eigenvalue weighted by molar-refractivity contribution is -0.297.